The van der Waals surface area contributed by atoms with Gasteiger partial charge in [-0.05, 0) is 37.2 Å². The van der Waals surface area contributed by atoms with Crippen molar-refractivity contribution in [3.63, 3.8) is 0 Å². The molecule has 0 saturated carbocycles. The topological polar surface area (TPSA) is 125 Å². The molecule has 41 heavy (non-hydrogen) atoms. The van der Waals surface area contributed by atoms with Crippen LogP contribution in [0.2, 0.25) is 25.7 Å². The van der Waals surface area contributed by atoms with Gasteiger partial charge in [0.25, 0.3) is 0 Å². The monoisotopic (exact) mass is 602 g/mol. The zero-order chi connectivity index (χ0) is 29.9. The molecule has 0 saturated heterocycles. The Morgan fingerprint density at radius 3 is 2.20 bits per heavy atom. The van der Waals surface area contributed by atoms with Gasteiger partial charge in [-0.1, -0.05) is 32.6 Å². The average Bonchev–Trinajstić information content (AvgIpc) is 3.62. The summed E-state index contributed by atoms with van der Waals surface area (Å²) in [5, 5.41) is 7.81. The molecule has 0 radical (unpaired) electrons. The molecule has 2 atom stereocenters. The second-order valence-electron chi connectivity index (χ2n) is 10.8. The van der Waals surface area contributed by atoms with Gasteiger partial charge in [-0.25, -0.2) is 27.1 Å². The minimum Gasteiger partial charge on any atom is -0.494 e. The van der Waals surface area contributed by atoms with E-state index in [-0.39, 0.29) is 24.1 Å². The van der Waals surface area contributed by atoms with E-state index < -0.39 is 35.1 Å². The molecule has 220 valence electrons. The largest absolute Gasteiger partial charge is 0.494 e. The number of benzene rings is 1. The standard InChI is InChI=1S/C27H35FN6O5SSi/c1-18(25-29-16-20(28)17-30-25)19(2)40(35,36)33(13-15-41(5,6)7)27-32-31-26(23-12-9-14-39-23)34(27)24-21(37-3)10-8-11-22(24)38-4/h8-12,14,16-19H,13,15H2,1-7H3/t18-,19+/m1/s1. The molecule has 3 aromatic heterocycles. The summed E-state index contributed by atoms with van der Waals surface area (Å²) in [7, 11) is -2.82. The third-order valence-electron chi connectivity index (χ3n) is 6.83. The van der Waals surface area contributed by atoms with E-state index in [9.17, 15) is 12.8 Å². The highest BCUT2D eigenvalue weighted by molar-refractivity contribution is 7.93. The molecule has 0 unspecified atom stereocenters. The second kappa shape index (κ2) is 12.0. The van der Waals surface area contributed by atoms with Crippen molar-refractivity contribution in [2.75, 3.05) is 25.1 Å². The van der Waals surface area contributed by atoms with Crippen LogP contribution >= 0.6 is 0 Å². The van der Waals surface area contributed by atoms with Gasteiger partial charge >= 0.3 is 0 Å². The van der Waals surface area contributed by atoms with Crippen LogP contribution in [-0.4, -0.2) is 67.2 Å². The summed E-state index contributed by atoms with van der Waals surface area (Å²) in [6, 6.07) is 9.32. The lowest BCUT2D eigenvalue weighted by atomic mass is 10.1. The van der Waals surface area contributed by atoms with Crippen LogP contribution in [0.1, 0.15) is 25.6 Å². The molecule has 0 aliphatic carbocycles. The summed E-state index contributed by atoms with van der Waals surface area (Å²) in [6.07, 6.45) is 3.56. The van der Waals surface area contributed by atoms with Crippen molar-refractivity contribution in [3.8, 4) is 28.8 Å². The summed E-state index contributed by atoms with van der Waals surface area (Å²) in [5.41, 5.74) is 0.416. The van der Waals surface area contributed by atoms with Crippen molar-refractivity contribution >= 4 is 24.0 Å². The number of rotatable bonds is 12. The van der Waals surface area contributed by atoms with E-state index in [0.717, 1.165) is 12.4 Å². The molecule has 1 aromatic carbocycles. The first kappa shape index (κ1) is 30.2. The molecular formula is C27H35FN6O5SSi. The molecule has 4 aromatic rings. The minimum absolute atomic E-state index is 0.0523. The van der Waals surface area contributed by atoms with E-state index in [0.29, 0.717) is 29.0 Å². The normalized spacial score (nSPS) is 13.6. The third-order valence-corrected chi connectivity index (χ3v) is 10.9. The van der Waals surface area contributed by atoms with Gasteiger partial charge in [0.1, 0.15) is 23.0 Å². The Bertz CT molecular complexity index is 1550. The first-order chi connectivity index (χ1) is 19.4. The quantitative estimate of drug-likeness (QED) is 0.203. The zero-order valence-electron chi connectivity index (χ0n) is 24.2. The van der Waals surface area contributed by atoms with E-state index in [1.54, 1.807) is 48.7 Å². The van der Waals surface area contributed by atoms with Crippen LogP contribution in [0.4, 0.5) is 10.3 Å². The summed E-state index contributed by atoms with van der Waals surface area (Å²) >= 11 is 0. The highest BCUT2D eigenvalue weighted by Gasteiger charge is 2.39. The number of anilines is 1. The van der Waals surface area contributed by atoms with Crippen LogP contribution in [0.25, 0.3) is 17.3 Å². The Hall–Kier alpha value is -3.78. The number of methoxy groups -OCH3 is 2. The van der Waals surface area contributed by atoms with Crippen LogP contribution in [0.5, 0.6) is 11.5 Å². The smallest absolute Gasteiger partial charge is 0.246 e. The average molecular weight is 603 g/mol. The van der Waals surface area contributed by atoms with E-state index >= 15 is 0 Å². The van der Waals surface area contributed by atoms with Gasteiger partial charge in [0.2, 0.25) is 21.8 Å². The fraction of sp³-hybridized carbons (Fsp3) is 0.407. The van der Waals surface area contributed by atoms with Gasteiger partial charge in [-0.3, -0.25) is 4.57 Å². The first-order valence-corrected chi connectivity index (χ1v) is 18.3. The van der Waals surface area contributed by atoms with Crippen LogP contribution in [0.15, 0.2) is 53.4 Å². The van der Waals surface area contributed by atoms with Gasteiger partial charge < -0.3 is 13.9 Å². The molecule has 0 aliphatic rings. The lowest BCUT2D eigenvalue weighted by molar-refractivity contribution is 0.391. The SMILES string of the molecule is COc1cccc(OC)c1-n1c(-c2ccco2)nnc1N(CC[Si](C)(C)C)S(=O)(=O)[C@@H](C)[C@@H](C)c1ncc(F)cn1. The molecule has 11 nitrogen and oxygen atoms in total. The Morgan fingerprint density at radius 2 is 1.66 bits per heavy atom. The number of para-hydroxylation sites is 1. The summed E-state index contributed by atoms with van der Waals surface area (Å²) in [4.78, 5) is 8.08. The lowest BCUT2D eigenvalue weighted by Crippen LogP contribution is -2.43. The van der Waals surface area contributed by atoms with Crippen LogP contribution in [-0.2, 0) is 10.0 Å². The van der Waals surface area contributed by atoms with Gasteiger partial charge in [0, 0.05) is 20.5 Å². The molecule has 0 aliphatic heterocycles. The maximum Gasteiger partial charge on any atom is 0.246 e. The van der Waals surface area contributed by atoms with E-state index in [2.05, 4.69) is 39.8 Å². The number of nitrogens with zero attached hydrogens (tertiary/aromatic N) is 6. The Balaban J connectivity index is 1.95. The van der Waals surface area contributed by atoms with Gasteiger partial charge in [-0.15, -0.1) is 10.2 Å². The Labute approximate surface area is 240 Å². The summed E-state index contributed by atoms with van der Waals surface area (Å²) < 4.78 is 62.3. The number of furan rings is 1. The molecule has 0 fully saturated rings. The lowest BCUT2D eigenvalue weighted by Gasteiger charge is -2.31. The number of hydrogen-bond acceptors (Lipinski definition) is 9. The van der Waals surface area contributed by atoms with Crippen LogP contribution < -0.4 is 13.8 Å². The minimum atomic E-state index is -4.11. The Kier molecular flexibility index (Phi) is 8.82. The summed E-state index contributed by atoms with van der Waals surface area (Å²) in [5.74, 6) is 0.496. The van der Waals surface area contributed by atoms with Gasteiger partial charge in [0.15, 0.2) is 11.6 Å². The molecule has 0 spiro atoms. The fourth-order valence-corrected chi connectivity index (χ4v) is 7.05. The molecule has 14 heteroatoms. The molecule has 3 heterocycles. The van der Waals surface area contributed by atoms with Crippen molar-refractivity contribution in [3.05, 3.63) is 60.6 Å². The van der Waals surface area contributed by atoms with Gasteiger partial charge in [-0.2, -0.15) is 0 Å². The molecule has 0 amide bonds. The fourth-order valence-electron chi connectivity index (χ4n) is 4.26. The number of sulfonamides is 1. The predicted octanol–water partition coefficient (Wildman–Crippen LogP) is 5.14. The van der Waals surface area contributed by atoms with Crippen molar-refractivity contribution in [2.24, 2.45) is 0 Å². The van der Waals surface area contributed by atoms with Crippen LogP contribution in [0.3, 0.4) is 0 Å². The van der Waals surface area contributed by atoms with Crippen LogP contribution in [0, 0.1) is 5.82 Å². The van der Waals surface area contributed by atoms with Crippen molar-refractivity contribution < 1.29 is 26.7 Å². The molecular weight excluding hydrogens is 567 g/mol. The van der Waals surface area contributed by atoms with E-state index in [1.807, 2.05) is 0 Å². The number of hydrogen-bond donors (Lipinski definition) is 0. The van der Waals surface area contributed by atoms with E-state index in [1.165, 1.54) is 24.8 Å². The van der Waals surface area contributed by atoms with Crippen molar-refractivity contribution in [1.29, 1.82) is 0 Å². The third kappa shape index (κ3) is 6.27. The molecule has 4 rings (SSSR count). The number of ether oxygens (including phenoxy) is 2. The maximum atomic E-state index is 14.5. The predicted molar refractivity (Wildman–Crippen MR) is 156 cm³/mol. The Morgan fingerprint density at radius 1 is 1.02 bits per heavy atom. The molecule has 0 N–H and O–H groups in total. The van der Waals surface area contributed by atoms with E-state index in [4.69, 9.17) is 13.9 Å². The van der Waals surface area contributed by atoms with Gasteiger partial charge in [0.05, 0.1) is 38.1 Å². The first-order valence-electron chi connectivity index (χ1n) is 13.1. The molecule has 0 bridgehead atoms. The second-order valence-corrected chi connectivity index (χ2v) is 18.7. The maximum absolute atomic E-state index is 14.5. The van der Waals surface area contributed by atoms with Crippen molar-refractivity contribution in [1.82, 2.24) is 24.7 Å². The highest BCUT2D eigenvalue weighted by Crippen LogP contribution is 2.40. The number of aromatic nitrogens is 5. The zero-order valence-corrected chi connectivity index (χ0v) is 26.0. The highest BCUT2D eigenvalue weighted by atomic mass is 32.2. The number of halogens is 1. The summed E-state index contributed by atoms with van der Waals surface area (Å²) in [6.45, 7) is 9.95. The van der Waals surface area contributed by atoms with Crippen molar-refractivity contribution in [2.45, 2.75) is 50.7 Å².